The van der Waals surface area contributed by atoms with E-state index < -0.39 is 29.4 Å². The molecular formula is C42H54ClN5O11S. The zero-order chi connectivity index (χ0) is 46.2. The molecule has 3 aromatic rings. The van der Waals surface area contributed by atoms with Gasteiger partial charge in [-0.2, -0.15) is 19.2 Å². The lowest BCUT2D eigenvalue weighted by Gasteiger charge is -2.33. The molecule has 0 fully saturated rings. The fourth-order valence-corrected chi connectivity index (χ4v) is 6.12. The second-order valence-electron chi connectivity index (χ2n) is 17.3. The normalized spacial score (nSPS) is 11.0. The van der Waals surface area contributed by atoms with Crippen LogP contribution in [0.1, 0.15) is 104 Å². The summed E-state index contributed by atoms with van der Waals surface area (Å²) >= 11 is 8.36. The maximum absolute atomic E-state index is 13.9. The highest BCUT2D eigenvalue weighted by molar-refractivity contribution is 7.10. The third-order valence-electron chi connectivity index (χ3n) is 7.06. The molecule has 2 aromatic carbocycles. The minimum Gasteiger partial charge on any atom is -0.444 e. The highest BCUT2D eigenvalue weighted by Gasteiger charge is 2.27. The zero-order valence-electron chi connectivity index (χ0n) is 36.2. The number of anilines is 1. The van der Waals surface area contributed by atoms with Gasteiger partial charge in [-0.25, -0.2) is 24.2 Å². The van der Waals surface area contributed by atoms with Crippen molar-refractivity contribution < 1.29 is 52.6 Å². The Labute approximate surface area is 359 Å². The van der Waals surface area contributed by atoms with Gasteiger partial charge in [0.05, 0.1) is 22.0 Å². The third kappa shape index (κ3) is 19.7. The maximum Gasteiger partial charge on any atom is 0.414 e. The molecule has 0 saturated heterocycles. The van der Waals surface area contributed by atoms with Gasteiger partial charge in [0.25, 0.3) is 0 Å². The number of benzene rings is 2. The summed E-state index contributed by atoms with van der Waals surface area (Å²) < 4.78 is 16.2. The van der Waals surface area contributed by atoms with Gasteiger partial charge in [-0.1, -0.05) is 53.1 Å². The molecule has 326 valence electrons. The van der Waals surface area contributed by atoms with E-state index in [1.807, 2.05) is 4.90 Å². The van der Waals surface area contributed by atoms with Crippen LogP contribution in [0, 0.1) is 5.41 Å². The number of nitrogens with one attached hydrogen (secondary N) is 2. The van der Waals surface area contributed by atoms with E-state index >= 15 is 0 Å². The molecule has 3 rings (SSSR count). The van der Waals surface area contributed by atoms with Crippen LogP contribution in [0.25, 0.3) is 0 Å². The predicted octanol–water partition coefficient (Wildman–Crippen LogP) is 8.89. The summed E-state index contributed by atoms with van der Waals surface area (Å²) in [5, 5.41) is 7.15. The van der Waals surface area contributed by atoms with Gasteiger partial charge in [-0.05, 0) is 106 Å². The number of esters is 1. The van der Waals surface area contributed by atoms with E-state index in [9.17, 15) is 19.2 Å². The van der Waals surface area contributed by atoms with Crippen LogP contribution in [0.15, 0.2) is 58.9 Å². The van der Waals surface area contributed by atoms with Gasteiger partial charge in [0.2, 0.25) is 5.96 Å². The van der Waals surface area contributed by atoms with Gasteiger partial charge in [0, 0.05) is 31.1 Å². The Bertz CT molecular complexity index is 2000. The highest BCUT2D eigenvalue weighted by Crippen LogP contribution is 2.33. The maximum atomic E-state index is 13.9. The first-order valence-corrected chi connectivity index (χ1v) is 19.6. The molecule has 0 atom stereocenters. The number of alkyl carbamates (subject to hydrolysis) is 2. The number of thiophene rings is 1. The molecule has 18 heteroatoms. The molecule has 1 aromatic heterocycles. The third-order valence-corrected chi connectivity index (χ3v) is 8.77. The first-order chi connectivity index (χ1) is 27.5. The minimum atomic E-state index is -0.840. The van der Waals surface area contributed by atoms with Crippen molar-refractivity contribution in [2.75, 3.05) is 18.5 Å². The van der Waals surface area contributed by atoms with Gasteiger partial charge >= 0.3 is 36.5 Å². The van der Waals surface area contributed by atoms with Crippen LogP contribution >= 0.6 is 22.9 Å². The number of aliphatic imine (C=N–C) groups is 1. The fourth-order valence-electron chi connectivity index (χ4n) is 4.83. The molecule has 0 unspecified atom stereocenters. The van der Waals surface area contributed by atoms with E-state index in [1.54, 1.807) is 72.1 Å². The molecule has 0 aliphatic heterocycles. The number of ether oxygens (including phenoxy) is 3. The van der Waals surface area contributed by atoms with Crippen molar-refractivity contribution in [1.82, 2.24) is 15.5 Å². The van der Waals surface area contributed by atoms with Crippen LogP contribution in [0.4, 0.5) is 25.8 Å². The molecule has 0 saturated carbocycles. The number of hydrogen-bond donors (Lipinski definition) is 2. The summed E-state index contributed by atoms with van der Waals surface area (Å²) in [5.74, 6) is -0.726. The Morgan fingerprint density at radius 1 is 0.767 bits per heavy atom. The van der Waals surface area contributed by atoms with Crippen LogP contribution in [-0.4, -0.2) is 72.1 Å². The van der Waals surface area contributed by atoms with Crippen LogP contribution in [0.5, 0.6) is 5.75 Å². The SMILES string of the molecule is CN(C(=O)N(Cc1csc(C(C)(C)C)c1)CC(C)(C)C)c1ccc(OC(=O)c2ccc(N=C(NC(=O)OC(C)(C)C)NC(=O)OC(C)(C)C)cc2)cc1Cl.O=C=O.O=C=O. The molecule has 0 spiro atoms. The molecular weight excluding hydrogens is 818 g/mol. The number of carbonyl (C=O) groups excluding carboxylic acids is 8. The smallest absolute Gasteiger partial charge is 0.414 e. The van der Waals surface area contributed by atoms with Crippen molar-refractivity contribution in [3.05, 3.63) is 74.9 Å². The minimum absolute atomic E-state index is 0.0176. The Morgan fingerprint density at radius 3 is 1.68 bits per heavy atom. The quantitative estimate of drug-likeness (QED) is 0.0992. The first kappa shape index (κ1) is 52.2. The van der Waals surface area contributed by atoms with Gasteiger partial charge in [-0.3, -0.25) is 15.5 Å². The lowest BCUT2D eigenvalue weighted by atomic mass is 9.94. The molecule has 60 heavy (non-hydrogen) atoms. The van der Waals surface area contributed by atoms with E-state index in [0.717, 1.165) is 5.56 Å². The van der Waals surface area contributed by atoms with E-state index in [1.165, 1.54) is 40.1 Å². The lowest BCUT2D eigenvalue weighted by molar-refractivity contribution is -0.193. The van der Waals surface area contributed by atoms with Crippen molar-refractivity contribution >= 4 is 76.8 Å². The molecule has 2 N–H and O–H groups in total. The summed E-state index contributed by atoms with van der Waals surface area (Å²) in [5.41, 5.74) is 0.293. The molecule has 0 aliphatic carbocycles. The summed E-state index contributed by atoms with van der Waals surface area (Å²) in [4.78, 5) is 93.2. The predicted molar refractivity (Wildman–Crippen MR) is 225 cm³/mol. The van der Waals surface area contributed by atoms with Gasteiger partial charge < -0.3 is 19.1 Å². The van der Waals surface area contributed by atoms with Crippen molar-refractivity contribution in [1.29, 1.82) is 0 Å². The average molecular weight is 872 g/mol. The van der Waals surface area contributed by atoms with Crippen LogP contribution in [0.2, 0.25) is 5.02 Å². The number of carbonyl (C=O) groups is 4. The topological polar surface area (TPSA) is 207 Å². The van der Waals surface area contributed by atoms with Crippen LogP contribution in [0.3, 0.4) is 0 Å². The monoisotopic (exact) mass is 871 g/mol. The van der Waals surface area contributed by atoms with Crippen molar-refractivity contribution in [3.63, 3.8) is 0 Å². The largest absolute Gasteiger partial charge is 0.444 e. The highest BCUT2D eigenvalue weighted by atomic mass is 35.5. The number of amides is 4. The Kier molecular flexibility index (Phi) is 19.6. The van der Waals surface area contributed by atoms with E-state index in [0.29, 0.717) is 24.5 Å². The van der Waals surface area contributed by atoms with Gasteiger partial charge in [-0.15, -0.1) is 11.3 Å². The van der Waals surface area contributed by atoms with Crippen LogP contribution < -0.4 is 20.3 Å². The lowest BCUT2D eigenvalue weighted by Crippen LogP contribution is -2.47. The number of guanidine groups is 1. The average Bonchev–Trinajstić information content (AvgIpc) is 3.55. The molecule has 0 radical (unpaired) electrons. The standard InChI is InChI=1S/C40H54ClN5O7S.2CO2/c1-37(2,3)24-46(22-25-20-31(54-23-25)38(4,5)6)36(50)45(13)30-19-18-28(21-29(30)41)51-32(47)26-14-16-27(17-15-26)42-33(43-34(48)52-39(7,8)9)44-35(49)53-40(10,11)12;2*2-1-3/h14-21,23H,22,24H2,1-13H3,(H2,42,43,44,48,49);;. The van der Waals surface area contributed by atoms with E-state index in [2.05, 4.69) is 68.6 Å². The molecule has 4 amide bonds. The summed E-state index contributed by atoms with van der Waals surface area (Å²) in [6.07, 6.45) is -1.18. The summed E-state index contributed by atoms with van der Waals surface area (Å²) in [6.45, 7) is 23.9. The number of hydrogen-bond acceptors (Lipinski definition) is 13. The molecule has 0 bridgehead atoms. The second kappa shape index (κ2) is 22.5. The molecule has 0 aliphatic rings. The second-order valence-corrected chi connectivity index (χ2v) is 18.6. The number of rotatable bonds is 7. The number of nitrogens with zero attached hydrogens (tertiary/aromatic N) is 3. The summed E-state index contributed by atoms with van der Waals surface area (Å²) in [7, 11) is 1.67. The zero-order valence-corrected chi connectivity index (χ0v) is 37.8. The van der Waals surface area contributed by atoms with Gasteiger partial charge in [0.15, 0.2) is 0 Å². The Morgan fingerprint density at radius 2 is 1.27 bits per heavy atom. The van der Waals surface area contributed by atoms with E-state index in [-0.39, 0.29) is 51.5 Å². The van der Waals surface area contributed by atoms with Crippen LogP contribution in [-0.2, 0) is 40.6 Å². The van der Waals surface area contributed by atoms with Crippen molar-refractivity contribution in [2.24, 2.45) is 10.4 Å². The Balaban J connectivity index is 0.00000282. The summed E-state index contributed by atoms with van der Waals surface area (Å²) in [6, 6.07) is 12.6. The number of urea groups is 1. The van der Waals surface area contributed by atoms with Crippen molar-refractivity contribution in [3.8, 4) is 5.75 Å². The fraction of sp³-hybridized carbons (Fsp3) is 0.452. The van der Waals surface area contributed by atoms with Gasteiger partial charge in [0.1, 0.15) is 17.0 Å². The molecule has 1 heterocycles. The Hall–Kier alpha value is -5.86. The number of halogens is 1. The van der Waals surface area contributed by atoms with Crippen molar-refractivity contribution in [2.45, 2.75) is 106 Å². The van der Waals surface area contributed by atoms with E-state index in [4.69, 9.17) is 45.0 Å². The molecule has 16 nitrogen and oxygen atoms in total. The first-order valence-electron chi connectivity index (χ1n) is 18.3.